The van der Waals surface area contributed by atoms with Crippen molar-refractivity contribution in [2.75, 3.05) is 7.05 Å². The van der Waals surface area contributed by atoms with Crippen molar-refractivity contribution in [3.8, 4) is 6.57 Å². The number of allylic oxidation sites excluding steroid dienone is 1. The molecule has 0 amide bonds. The fourth-order valence-corrected chi connectivity index (χ4v) is 6.59. The van der Waals surface area contributed by atoms with Gasteiger partial charge < -0.3 is 5.32 Å². The van der Waals surface area contributed by atoms with Crippen LogP contribution in [0.15, 0.2) is 12.2 Å². The molecule has 3 aliphatic carbocycles. The molecule has 0 bridgehead atoms. The van der Waals surface area contributed by atoms with E-state index in [1.807, 2.05) is 0 Å². The lowest BCUT2D eigenvalue weighted by Crippen LogP contribution is -2.56. The Morgan fingerprint density at radius 3 is 2.71 bits per heavy atom. The molecule has 3 fully saturated rings. The molecule has 0 aliphatic heterocycles. The molecule has 24 heavy (non-hydrogen) atoms. The average Bonchev–Trinajstić information content (AvgIpc) is 2.53. The molecule has 7 atom stereocenters. The maximum Gasteiger partial charge on any atom is 0.281 e. The Bertz CT molecular complexity index is 543. The minimum absolute atomic E-state index is 0.0136. The second-order valence-electron chi connectivity index (χ2n) is 9.91. The molecule has 2 nitrogen and oxygen atoms in total. The van der Waals surface area contributed by atoms with Gasteiger partial charge in [-0.2, -0.15) is 0 Å². The van der Waals surface area contributed by atoms with Crippen LogP contribution in [-0.2, 0) is 0 Å². The zero-order chi connectivity index (χ0) is 17.7. The second-order valence-corrected chi connectivity index (χ2v) is 9.91. The molecule has 0 aromatic carbocycles. The fourth-order valence-electron chi connectivity index (χ4n) is 6.59. The topological polar surface area (TPSA) is 16.4 Å². The van der Waals surface area contributed by atoms with Crippen molar-refractivity contribution in [2.24, 2.45) is 35.5 Å². The summed E-state index contributed by atoms with van der Waals surface area (Å²) in [5.41, 5.74) is 1.70. The molecule has 1 N–H and O–H groups in total. The first kappa shape index (κ1) is 18.0. The van der Waals surface area contributed by atoms with Crippen molar-refractivity contribution in [1.82, 2.24) is 5.32 Å². The van der Waals surface area contributed by atoms with Gasteiger partial charge in [0.1, 0.15) is 0 Å². The van der Waals surface area contributed by atoms with Gasteiger partial charge in [-0.15, -0.1) is 0 Å². The molecular weight excluding hydrogens is 292 g/mol. The van der Waals surface area contributed by atoms with Crippen molar-refractivity contribution >= 4 is 0 Å². The highest BCUT2D eigenvalue weighted by Crippen LogP contribution is 2.61. The fraction of sp³-hybridized carbons (Fsp3) is 0.864. The molecule has 2 heteroatoms. The molecule has 0 aromatic rings. The predicted octanol–water partition coefficient (Wildman–Crippen LogP) is 5.36. The summed E-state index contributed by atoms with van der Waals surface area (Å²) in [5, 5.41) is 3.52. The molecule has 3 aliphatic rings. The van der Waals surface area contributed by atoms with Crippen LogP contribution in [0.4, 0.5) is 0 Å². The van der Waals surface area contributed by atoms with Crippen molar-refractivity contribution in [3.05, 3.63) is 17.0 Å². The average molecular weight is 330 g/mol. The Labute approximate surface area is 149 Å². The summed E-state index contributed by atoms with van der Waals surface area (Å²) in [4.78, 5) is 4.41. The SMILES string of the molecule is C#[N+]C1(C)CCC2C(C)CC(CC(C)(C)NC)C3C(=C)CCC1C23. The van der Waals surface area contributed by atoms with Gasteiger partial charge in [-0.25, -0.2) is 0 Å². The van der Waals surface area contributed by atoms with E-state index in [1.165, 1.54) is 44.1 Å². The first-order valence-corrected chi connectivity index (χ1v) is 10.0. The molecule has 7 unspecified atom stereocenters. The van der Waals surface area contributed by atoms with Crippen LogP contribution in [0, 0.1) is 42.1 Å². The van der Waals surface area contributed by atoms with Crippen LogP contribution in [0.25, 0.3) is 4.85 Å². The summed E-state index contributed by atoms with van der Waals surface area (Å²) in [6.07, 6.45) is 7.48. The molecule has 3 saturated carbocycles. The Morgan fingerprint density at radius 1 is 1.38 bits per heavy atom. The second kappa shape index (κ2) is 6.17. The Kier molecular flexibility index (Phi) is 4.63. The molecule has 134 valence electrons. The number of nitrogens with zero attached hydrogens (tertiary/aromatic N) is 1. The predicted molar refractivity (Wildman–Crippen MR) is 103 cm³/mol. The lowest BCUT2D eigenvalue weighted by molar-refractivity contribution is -0.0553. The summed E-state index contributed by atoms with van der Waals surface area (Å²) in [6.45, 7) is 20.0. The summed E-state index contributed by atoms with van der Waals surface area (Å²) < 4.78 is 0. The van der Waals surface area contributed by atoms with E-state index in [9.17, 15) is 0 Å². The van der Waals surface area contributed by atoms with Crippen LogP contribution in [0.5, 0.6) is 0 Å². The monoisotopic (exact) mass is 329 g/mol. The highest BCUT2D eigenvalue weighted by molar-refractivity contribution is 5.21. The van der Waals surface area contributed by atoms with Crippen LogP contribution < -0.4 is 5.32 Å². The Balaban J connectivity index is 1.95. The van der Waals surface area contributed by atoms with E-state index in [0.29, 0.717) is 11.8 Å². The Morgan fingerprint density at radius 2 is 2.08 bits per heavy atom. The summed E-state index contributed by atoms with van der Waals surface area (Å²) in [5.74, 6) is 4.50. The summed E-state index contributed by atoms with van der Waals surface area (Å²) in [6, 6.07) is 0. The molecule has 0 aromatic heterocycles. The van der Waals surface area contributed by atoms with E-state index in [-0.39, 0.29) is 11.1 Å². The molecule has 0 heterocycles. The summed E-state index contributed by atoms with van der Waals surface area (Å²) in [7, 11) is 2.10. The number of hydrogen-bond donors (Lipinski definition) is 1. The normalized spacial score (nSPS) is 45.4. The van der Waals surface area contributed by atoms with E-state index in [0.717, 1.165) is 23.7 Å². The molecule has 3 rings (SSSR count). The Hall–Kier alpha value is -0.810. The lowest BCUT2D eigenvalue weighted by Gasteiger charge is -2.57. The first-order chi connectivity index (χ1) is 11.2. The van der Waals surface area contributed by atoms with E-state index in [4.69, 9.17) is 6.57 Å². The molecule has 0 radical (unpaired) electrons. The maximum atomic E-state index is 5.91. The van der Waals surface area contributed by atoms with Gasteiger partial charge in [0.15, 0.2) is 0 Å². The van der Waals surface area contributed by atoms with Gasteiger partial charge in [-0.05, 0) is 82.6 Å². The number of nitrogens with one attached hydrogen (secondary N) is 1. The lowest BCUT2D eigenvalue weighted by atomic mass is 9.46. The standard InChI is InChI=1S/C22H37N2/c1-14-8-9-18-20-17(10-11-22(18,5)24-7)15(2)12-16(19(14)20)13-21(3,4)23-6/h7,15-20,23H,1,8-13H2,2-6H3/q+1. The van der Waals surface area contributed by atoms with Crippen LogP contribution in [0.3, 0.4) is 0 Å². The van der Waals surface area contributed by atoms with Crippen LogP contribution in [0.2, 0.25) is 0 Å². The number of rotatable bonds is 3. The highest BCUT2D eigenvalue weighted by atomic mass is 14.9. The van der Waals surface area contributed by atoms with Crippen molar-refractivity contribution < 1.29 is 0 Å². The zero-order valence-electron chi connectivity index (χ0n) is 16.4. The van der Waals surface area contributed by atoms with Gasteiger partial charge in [0, 0.05) is 24.8 Å². The van der Waals surface area contributed by atoms with Crippen LogP contribution in [0.1, 0.15) is 66.2 Å². The summed E-state index contributed by atoms with van der Waals surface area (Å²) >= 11 is 0. The smallest absolute Gasteiger partial charge is 0.281 e. The largest absolute Gasteiger partial charge is 0.315 e. The van der Waals surface area contributed by atoms with E-state index in [1.54, 1.807) is 0 Å². The molecule has 0 saturated heterocycles. The molecule has 0 spiro atoms. The van der Waals surface area contributed by atoms with Gasteiger partial charge >= 0.3 is 0 Å². The van der Waals surface area contributed by atoms with Crippen LogP contribution >= 0.6 is 0 Å². The van der Waals surface area contributed by atoms with Gasteiger partial charge in [0.05, 0.1) is 0 Å². The van der Waals surface area contributed by atoms with Gasteiger partial charge in [-0.1, -0.05) is 23.9 Å². The first-order valence-electron chi connectivity index (χ1n) is 10.0. The van der Waals surface area contributed by atoms with Gasteiger partial charge in [0.2, 0.25) is 0 Å². The van der Waals surface area contributed by atoms with Gasteiger partial charge in [0.25, 0.3) is 12.1 Å². The van der Waals surface area contributed by atoms with Crippen molar-refractivity contribution in [1.29, 1.82) is 0 Å². The molecular formula is C22H37N2+. The van der Waals surface area contributed by atoms with E-state index in [2.05, 4.69) is 51.5 Å². The van der Waals surface area contributed by atoms with Crippen molar-refractivity contribution in [2.45, 2.75) is 77.3 Å². The van der Waals surface area contributed by atoms with Gasteiger partial charge in [-0.3, -0.25) is 0 Å². The maximum absolute atomic E-state index is 5.91. The minimum atomic E-state index is -0.0136. The number of hydrogen-bond acceptors (Lipinski definition) is 1. The highest BCUT2D eigenvalue weighted by Gasteiger charge is 2.61. The van der Waals surface area contributed by atoms with Crippen molar-refractivity contribution in [3.63, 3.8) is 0 Å². The zero-order valence-corrected chi connectivity index (χ0v) is 16.4. The third-order valence-corrected chi connectivity index (χ3v) is 8.06. The van der Waals surface area contributed by atoms with Crippen LogP contribution in [-0.4, -0.2) is 18.1 Å². The minimum Gasteiger partial charge on any atom is -0.315 e. The van der Waals surface area contributed by atoms with E-state index >= 15 is 0 Å². The third-order valence-electron chi connectivity index (χ3n) is 8.06. The quantitative estimate of drug-likeness (QED) is 0.689. The van der Waals surface area contributed by atoms with E-state index < -0.39 is 0 Å². The third kappa shape index (κ3) is 2.84.